The fourth-order valence-corrected chi connectivity index (χ4v) is 5.72. The maximum Gasteiger partial charge on any atom is 0.330 e. The molecule has 0 aliphatic heterocycles. The largest absolute Gasteiger partial charge is 0.466 e. The maximum absolute atomic E-state index is 10.3. The standard InChI is InChI=1S/C6H8O4.C6H16OSi2/c1-9-5(7)3-4-6(8)10-2;1-6-8(2)7-9(3,4)5/h3-4H,1-2H3;6,8H,1H2,2-5H3/b4-3+;. The minimum atomic E-state index is -1.25. The number of hydrogen-bond acceptors (Lipinski definition) is 5. The van der Waals surface area contributed by atoms with Crippen LogP contribution in [-0.4, -0.2) is 43.5 Å². The molecule has 0 aliphatic rings. The lowest BCUT2D eigenvalue weighted by atomic mass is 10.5. The van der Waals surface area contributed by atoms with Crippen LogP contribution in [0.3, 0.4) is 0 Å². The van der Waals surface area contributed by atoms with E-state index in [-0.39, 0.29) is 0 Å². The number of methoxy groups -OCH3 is 2. The third-order valence-corrected chi connectivity index (χ3v) is 6.61. The first-order valence-electron chi connectivity index (χ1n) is 5.80. The summed E-state index contributed by atoms with van der Waals surface area (Å²) >= 11 is 0. The van der Waals surface area contributed by atoms with Gasteiger partial charge >= 0.3 is 11.9 Å². The molecule has 0 amide bonds. The Hall–Kier alpha value is -1.19. The second kappa shape index (κ2) is 10.7. The van der Waals surface area contributed by atoms with Crippen LogP contribution in [0.1, 0.15) is 0 Å². The Bertz CT molecular complexity index is 303. The molecular weight excluding hydrogens is 280 g/mol. The van der Waals surface area contributed by atoms with E-state index in [9.17, 15) is 9.59 Å². The lowest BCUT2D eigenvalue weighted by Crippen LogP contribution is -2.31. The topological polar surface area (TPSA) is 61.8 Å². The summed E-state index contributed by atoms with van der Waals surface area (Å²) in [4.78, 5) is 20.6. The smallest absolute Gasteiger partial charge is 0.330 e. The van der Waals surface area contributed by atoms with E-state index in [1.807, 2.05) is 5.70 Å². The van der Waals surface area contributed by atoms with Gasteiger partial charge in [-0.1, -0.05) is 5.70 Å². The summed E-state index contributed by atoms with van der Waals surface area (Å²) in [7, 11) is 0.221. The molecule has 110 valence electrons. The molecule has 0 aromatic heterocycles. The average molecular weight is 304 g/mol. The van der Waals surface area contributed by atoms with Crippen molar-refractivity contribution >= 4 is 29.3 Å². The molecule has 7 heteroatoms. The SMILES string of the molecule is C=C[SiH](C)O[Si](C)(C)C.COC(=O)/C=C/C(=O)OC. The monoisotopic (exact) mass is 304 g/mol. The summed E-state index contributed by atoms with van der Waals surface area (Å²) in [5.74, 6) is -1.16. The molecule has 0 rings (SSSR count). The Kier molecular flexibility index (Phi) is 11.4. The van der Waals surface area contributed by atoms with E-state index in [0.29, 0.717) is 0 Å². The lowest BCUT2D eigenvalue weighted by Gasteiger charge is -2.20. The molecule has 1 atom stereocenters. The summed E-state index contributed by atoms with van der Waals surface area (Å²) < 4.78 is 14.2. The van der Waals surface area contributed by atoms with Gasteiger partial charge in [0.05, 0.1) is 14.2 Å². The van der Waals surface area contributed by atoms with E-state index < -0.39 is 29.3 Å². The van der Waals surface area contributed by atoms with Gasteiger partial charge in [-0.05, 0) is 26.2 Å². The molecule has 0 heterocycles. The Balaban J connectivity index is 0. The van der Waals surface area contributed by atoms with E-state index in [1.165, 1.54) is 14.2 Å². The number of hydrogen-bond donors (Lipinski definition) is 0. The van der Waals surface area contributed by atoms with Crippen molar-refractivity contribution < 1.29 is 23.2 Å². The van der Waals surface area contributed by atoms with E-state index in [1.54, 1.807) is 0 Å². The van der Waals surface area contributed by atoms with Crippen molar-refractivity contribution in [3.05, 3.63) is 24.4 Å². The zero-order chi connectivity index (χ0) is 15.5. The first-order valence-corrected chi connectivity index (χ1v) is 11.5. The molecule has 0 saturated heterocycles. The minimum absolute atomic E-state index is 0.578. The zero-order valence-electron chi connectivity index (χ0n) is 12.6. The predicted molar refractivity (Wildman–Crippen MR) is 80.8 cm³/mol. The minimum Gasteiger partial charge on any atom is -0.466 e. The number of ether oxygens (including phenoxy) is 2. The van der Waals surface area contributed by atoms with E-state index in [0.717, 1.165) is 12.2 Å². The van der Waals surface area contributed by atoms with E-state index >= 15 is 0 Å². The Morgan fingerprint density at radius 1 is 1.05 bits per heavy atom. The molecule has 0 spiro atoms. The van der Waals surface area contributed by atoms with Gasteiger partial charge in [0, 0.05) is 12.2 Å². The van der Waals surface area contributed by atoms with Crippen molar-refractivity contribution in [3.63, 3.8) is 0 Å². The van der Waals surface area contributed by atoms with Gasteiger partial charge in [0.1, 0.15) is 0 Å². The van der Waals surface area contributed by atoms with Gasteiger partial charge in [0.2, 0.25) is 0 Å². The Labute approximate surface area is 118 Å². The van der Waals surface area contributed by atoms with Gasteiger partial charge in [-0.2, -0.15) is 0 Å². The van der Waals surface area contributed by atoms with Gasteiger partial charge in [0.25, 0.3) is 0 Å². The summed E-state index contributed by atoms with van der Waals surface area (Å²) in [6.07, 6.45) is 1.98. The average Bonchev–Trinajstić information content (AvgIpc) is 2.33. The molecule has 0 radical (unpaired) electrons. The molecular formula is C12H24O5Si2. The molecule has 0 aliphatic carbocycles. The van der Waals surface area contributed by atoms with Crippen LogP contribution < -0.4 is 0 Å². The van der Waals surface area contributed by atoms with Gasteiger partial charge in [-0.3, -0.25) is 0 Å². The summed E-state index contributed by atoms with van der Waals surface area (Å²) in [5.41, 5.74) is 1.97. The normalized spacial score (nSPS) is 12.1. The third-order valence-electron chi connectivity index (χ3n) is 1.63. The summed E-state index contributed by atoms with van der Waals surface area (Å²) in [6.45, 7) is 12.5. The second-order valence-corrected chi connectivity index (χ2v) is 11.6. The fraction of sp³-hybridized carbons (Fsp3) is 0.500. The van der Waals surface area contributed by atoms with Crippen LogP contribution in [0.25, 0.3) is 0 Å². The summed E-state index contributed by atoms with van der Waals surface area (Å²) in [5, 5.41) is 0. The molecule has 0 bridgehead atoms. The van der Waals surface area contributed by atoms with Crippen LogP contribution in [0.5, 0.6) is 0 Å². The number of rotatable bonds is 5. The molecule has 0 aromatic rings. The number of esters is 2. The third kappa shape index (κ3) is 16.8. The van der Waals surface area contributed by atoms with E-state index in [2.05, 4.69) is 42.2 Å². The second-order valence-electron chi connectivity index (χ2n) is 4.55. The number of carbonyl (C=O) groups excluding carboxylic acids is 2. The highest BCUT2D eigenvalue weighted by molar-refractivity contribution is 6.78. The van der Waals surface area contributed by atoms with Gasteiger partial charge in [0.15, 0.2) is 17.4 Å². The molecule has 0 N–H and O–H groups in total. The molecule has 19 heavy (non-hydrogen) atoms. The van der Waals surface area contributed by atoms with Crippen LogP contribution in [0.2, 0.25) is 26.2 Å². The highest BCUT2D eigenvalue weighted by Crippen LogP contribution is 2.04. The molecule has 0 fully saturated rings. The first-order chi connectivity index (χ1) is 8.66. The van der Waals surface area contributed by atoms with Crippen LogP contribution in [0.4, 0.5) is 0 Å². The van der Waals surface area contributed by atoms with Crippen molar-refractivity contribution in [1.82, 2.24) is 0 Å². The van der Waals surface area contributed by atoms with Crippen molar-refractivity contribution in [2.75, 3.05) is 14.2 Å². The number of carbonyl (C=O) groups is 2. The van der Waals surface area contributed by atoms with Crippen LogP contribution >= 0.6 is 0 Å². The molecule has 5 nitrogen and oxygen atoms in total. The van der Waals surface area contributed by atoms with Gasteiger partial charge in [-0.25, -0.2) is 9.59 Å². The molecule has 0 saturated carbocycles. The van der Waals surface area contributed by atoms with Gasteiger partial charge < -0.3 is 13.6 Å². The quantitative estimate of drug-likeness (QED) is 0.440. The van der Waals surface area contributed by atoms with Crippen LogP contribution in [-0.2, 0) is 23.2 Å². The predicted octanol–water partition coefficient (Wildman–Crippen LogP) is 1.81. The van der Waals surface area contributed by atoms with Crippen molar-refractivity contribution in [2.24, 2.45) is 0 Å². The maximum atomic E-state index is 10.3. The fourth-order valence-electron chi connectivity index (χ4n) is 0.878. The first kappa shape index (κ1) is 20.1. The van der Waals surface area contributed by atoms with Crippen LogP contribution in [0.15, 0.2) is 24.4 Å². The Morgan fingerprint density at radius 3 is 1.58 bits per heavy atom. The molecule has 1 unspecified atom stereocenters. The highest BCUT2D eigenvalue weighted by Gasteiger charge is 2.16. The van der Waals surface area contributed by atoms with Gasteiger partial charge in [-0.15, -0.1) is 6.58 Å². The van der Waals surface area contributed by atoms with Crippen molar-refractivity contribution in [1.29, 1.82) is 0 Å². The highest BCUT2D eigenvalue weighted by atomic mass is 28.4. The van der Waals surface area contributed by atoms with E-state index in [4.69, 9.17) is 4.12 Å². The lowest BCUT2D eigenvalue weighted by molar-refractivity contribution is -0.137. The van der Waals surface area contributed by atoms with Crippen molar-refractivity contribution in [2.45, 2.75) is 26.2 Å². The van der Waals surface area contributed by atoms with Crippen LogP contribution in [0, 0.1) is 0 Å². The molecule has 0 aromatic carbocycles. The Morgan fingerprint density at radius 2 is 1.42 bits per heavy atom. The zero-order valence-corrected chi connectivity index (χ0v) is 14.7. The summed E-state index contributed by atoms with van der Waals surface area (Å²) in [6, 6.07) is 0. The van der Waals surface area contributed by atoms with Crippen molar-refractivity contribution in [3.8, 4) is 0 Å².